The van der Waals surface area contributed by atoms with Crippen LogP contribution in [0.2, 0.25) is 0 Å². The van der Waals surface area contributed by atoms with Crippen LogP contribution in [-0.4, -0.2) is 15.0 Å². The van der Waals surface area contributed by atoms with Crippen LogP contribution >= 0.6 is 0 Å². The van der Waals surface area contributed by atoms with Crippen LogP contribution in [0.15, 0.2) is 217 Å². The van der Waals surface area contributed by atoms with Gasteiger partial charge in [-0.05, 0) is 91.5 Å². The van der Waals surface area contributed by atoms with Crippen molar-refractivity contribution in [3.05, 3.63) is 235 Å². The summed E-state index contributed by atoms with van der Waals surface area (Å²) in [5, 5.41) is 2.07. The number of para-hydroxylation sites is 1. The summed E-state index contributed by atoms with van der Waals surface area (Å²) >= 11 is 0. The second-order valence-electron chi connectivity index (χ2n) is 16.2. The molecule has 0 radical (unpaired) electrons. The van der Waals surface area contributed by atoms with Crippen LogP contribution < -0.4 is 0 Å². The molecule has 62 heavy (non-hydrogen) atoms. The van der Waals surface area contributed by atoms with Crippen molar-refractivity contribution in [3.63, 3.8) is 0 Å². The Morgan fingerprint density at radius 2 is 0.790 bits per heavy atom. The second-order valence-corrected chi connectivity index (χ2v) is 16.2. The lowest BCUT2D eigenvalue weighted by Crippen LogP contribution is -2.25. The van der Waals surface area contributed by atoms with E-state index in [0.717, 1.165) is 60.9 Å². The first kappa shape index (κ1) is 34.6. The van der Waals surface area contributed by atoms with Crippen molar-refractivity contribution in [2.24, 2.45) is 0 Å². The number of nitrogens with zero attached hydrogens (tertiary/aromatic N) is 3. The van der Waals surface area contributed by atoms with Crippen molar-refractivity contribution in [3.8, 4) is 78.7 Å². The van der Waals surface area contributed by atoms with E-state index in [1.165, 1.54) is 44.5 Å². The average molecular weight is 790 g/mol. The highest BCUT2D eigenvalue weighted by Crippen LogP contribution is 2.63. The number of aromatic nitrogens is 3. The zero-order valence-electron chi connectivity index (χ0n) is 33.5. The lowest BCUT2D eigenvalue weighted by Gasteiger charge is -2.30. The van der Waals surface area contributed by atoms with Crippen LogP contribution in [0.5, 0.6) is 0 Å². The SMILES string of the molecule is c1ccc(-c2nc(-c3ccccc3)nc(-c3ccc4oc5ccccc5c4c3-c3cccc(-c4ccc5c(c4)C4(c6ccccc6-c6ccccc64)c4ccccc4-5)c3)n2)cc1. The molecule has 4 nitrogen and oxygen atoms in total. The molecule has 2 aliphatic carbocycles. The number of hydrogen-bond acceptors (Lipinski definition) is 4. The van der Waals surface area contributed by atoms with Crippen molar-refractivity contribution in [1.29, 1.82) is 0 Å². The van der Waals surface area contributed by atoms with Crippen LogP contribution in [-0.2, 0) is 5.41 Å². The number of hydrogen-bond donors (Lipinski definition) is 0. The Hall–Kier alpha value is -8.21. The maximum Gasteiger partial charge on any atom is 0.164 e. The van der Waals surface area contributed by atoms with Gasteiger partial charge in [-0.2, -0.15) is 0 Å². The average Bonchev–Trinajstić information content (AvgIpc) is 3.98. The van der Waals surface area contributed by atoms with Gasteiger partial charge in [0, 0.05) is 33.0 Å². The molecular weight excluding hydrogens is 755 g/mol. The van der Waals surface area contributed by atoms with Crippen LogP contribution in [0.1, 0.15) is 22.3 Å². The van der Waals surface area contributed by atoms with Gasteiger partial charge in [-0.25, -0.2) is 15.0 Å². The first-order valence-corrected chi connectivity index (χ1v) is 21.1. The van der Waals surface area contributed by atoms with E-state index in [-0.39, 0.29) is 0 Å². The molecule has 2 heterocycles. The first-order valence-electron chi connectivity index (χ1n) is 21.1. The highest BCUT2D eigenvalue weighted by molar-refractivity contribution is 6.16. The van der Waals surface area contributed by atoms with Gasteiger partial charge in [-0.3, -0.25) is 0 Å². The van der Waals surface area contributed by atoms with E-state index < -0.39 is 5.41 Å². The fraction of sp³-hybridized carbons (Fsp3) is 0.0172. The zero-order valence-corrected chi connectivity index (χ0v) is 33.5. The summed E-state index contributed by atoms with van der Waals surface area (Å²) in [6.07, 6.45) is 0. The molecule has 0 atom stereocenters. The summed E-state index contributed by atoms with van der Waals surface area (Å²) in [7, 11) is 0. The molecule has 0 amide bonds. The topological polar surface area (TPSA) is 51.8 Å². The van der Waals surface area contributed by atoms with Gasteiger partial charge >= 0.3 is 0 Å². The molecule has 0 N–H and O–H groups in total. The maximum atomic E-state index is 6.55. The quantitative estimate of drug-likeness (QED) is 0.174. The fourth-order valence-corrected chi connectivity index (χ4v) is 10.4. The lowest BCUT2D eigenvalue weighted by atomic mass is 9.70. The van der Waals surface area contributed by atoms with Crippen LogP contribution in [0.25, 0.3) is 101 Å². The predicted molar refractivity (Wildman–Crippen MR) is 251 cm³/mol. The minimum Gasteiger partial charge on any atom is -0.456 e. The summed E-state index contributed by atoms with van der Waals surface area (Å²) < 4.78 is 6.55. The number of fused-ring (bicyclic) bond motifs is 13. The molecule has 0 fully saturated rings. The molecule has 0 aliphatic heterocycles. The summed E-state index contributed by atoms with van der Waals surface area (Å²) in [6, 6.07) is 75.7. The molecule has 0 saturated heterocycles. The van der Waals surface area contributed by atoms with Gasteiger partial charge < -0.3 is 4.42 Å². The zero-order chi connectivity index (χ0) is 40.8. The molecule has 9 aromatic carbocycles. The Bertz CT molecular complexity index is 3470. The van der Waals surface area contributed by atoms with Gasteiger partial charge in [0.1, 0.15) is 11.2 Å². The molecule has 288 valence electrons. The normalized spacial score (nSPS) is 13.0. The highest BCUT2D eigenvalue weighted by atomic mass is 16.3. The largest absolute Gasteiger partial charge is 0.456 e. The number of rotatable bonds is 5. The first-order chi connectivity index (χ1) is 30.7. The molecule has 11 aromatic rings. The van der Waals surface area contributed by atoms with Crippen LogP contribution in [0, 0.1) is 0 Å². The summed E-state index contributed by atoms with van der Waals surface area (Å²) in [5.41, 5.74) is 18.8. The van der Waals surface area contributed by atoms with Gasteiger partial charge in [0.2, 0.25) is 0 Å². The van der Waals surface area contributed by atoms with E-state index in [2.05, 4.69) is 140 Å². The third-order valence-corrected chi connectivity index (χ3v) is 13.0. The summed E-state index contributed by atoms with van der Waals surface area (Å²) in [4.78, 5) is 15.5. The van der Waals surface area contributed by atoms with E-state index in [1.54, 1.807) is 0 Å². The van der Waals surface area contributed by atoms with Crippen LogP contribution in [0.4, 0.5) is 0 Å². The van der Waals surface area contributed by atoms with Gasteiger partial charge in [-0.1, -0.05) is 182 Å². The predicted octanol–water partition coefficient (Wildman–Crippen LogP) is 14.4. The summed E-state index contributed by atoms with van der Waals surface area (Å²) in [6.45, 7) is 0. The fourth-order valence-electron chi connectivity index (χ4n) is 10.4. The Morgan fingerprint density at radius 3 is 1.44 bits per heavy atom. The van der Waals surface area contributed by atoms with Gasteiger partial charge in [0.05, 0.1) is 5.41 Å². The van der Waals surface area contributed by atoms with E-state index in [1.807, 2.05) is 72.8 Å². The number of furan rings is 1. The molecule has 0 unspecified atom stereocenters. The van der Waals surface area contributed by atoms with E-state index in [0.29, 0.717) is 17.5 Å². The molecule has 0 bridgehead atoms. The molecule has 4 heteroatoms. The summed E-state index contributed by atoms with van der Waals surface area (Å²) in [5.74, 6) is 1.84. The Balaban J connectivity index is 1.04. The molecular formula is C58H35N3O. The molecule has 1 spiro atoms. The molecule has 2 aromatic heterocycles. The van der Waals surface area contributed by atoms with Crippen molar-refractivity contribution in [2.45, 2.75) is 5.41 Å². The Morgan fingerprint density at radius 1 is 0.306 bits per heavy atom. The maximum absolute atomic E-state index is 6.55. The minimum absolute atomic E-state index is 0.424. The van der Waals surface area contributed by atoms with Crippen molar-refractivity contribution < 1.29 is 4.42 Å². The Kier molecular flexibility index (Phi) is 7.49. The Labute approximate surface area is 358 Å². The third kappa shape index (κ3) is 4.98. The van der Waals surface area contributed by atoms with Crippen molar-refractivity contribution in [2.75, 3.05) is 0 Å². The van der Waals surface area contributed by atoms with Gasteiger partial charge in [0.25, 0.3) is 0 Å². The monoisotopic (exact) mass is 789 g/mol. The standard InChI is InChI=1S/C58H35N3O/c1-3-16-36(17-4-1)55-59-56(37-18-5-2-6-19-37)61-57(60-55)46-32-33-52-54(45-25-10-14-29-51(45)62-52)53(46)40-21-15-20-38(34-40)39-30-31-44-43-24-9-13-28-49(43)58(50(44)35-39)47-26-11-7-22-41(47)42-23-8-12-27-48(42)58/h1-35H. The second kappa shape index (κ2) is 13.4. The molecule has 2 aliphatic rings. The minimum atomic E-state index is -0.424. The smallest absolute Gasteiger partial charge is 0.164 e. The van der Waals surface area contributed by atoms with Crippen LogP contribution in [0.3, 0.4) is 0 Å². The van der Waals surface area contributed by atoms with Crippen molar-refractivity contribution >= 4 is 21.9 Å². The van der Waals surface area contributed by atoms with E-state index in [9.17, 15) is 0 Å². The van der Waals surface area contributed by atoms with E-state index in [4.69, 9.17) is 19.4 Å². The molecule has 0 saturated carbocycles. The van der Waals surface area contributed by atoms with Crippen molar-refractivity contribution in [1.82, 2.24) is 15.0 Å². The van der Waals surface area contributed by atoms with Gasteiger partial charge in [0.15, 0.2) is 17.5 Å². The lowest BCUT2D eigenvalue weighted by molar-refractivity contribution is 0.669. The highest BCUT2D eigenvalue weighted by Gasteiger charge is 2.51. The third-order valence-electron chi connectivity index (χ3n) is 13.0. The van der Waals surface area contributed by atoms with E-state index >= 15 is 0 Å². The number of benzene rings is 9. The van der Waals surface area contributed by atoms with Gasteiger partial charge in [-0.15, -0.1) is 0 Å². The molecule has 13 rings (SSSR count).